The van der Waals surface area contributed by atoms with Crippen molar-refractivity contribution in [3.05, 3.63) is 12.2 Å². The molecular weight excluding hydrogens is 504 g/mol. The van der Waals surface area contributed by atoms with E-state index in [1.54, 1.807) is 0 Å². The largest absolute Gasteiger partial charge is 0.473 e. The smallest absolute Gasteiger partial charge is 0.393 e. The molecule has 0 aliphatic rings. The Morgan fingerprint density at radius 1 is 0.625 bits per heavy atom. The number of carbonyl (C=O) groups excluding carboxylic acids is 1. The molecule has 0 aromatic heterocycles. The van der Waals surface area contributed by atoms with Crippen LogP contribution in [-0.4, -0.2) is 53.5 Å². The SMILES string of the molecule is C=C(C)C(=O)OC(F)(F)C(F)(F)C(F)(F)C(F)(F)C(F)(F)C(F)(F)C(F)(F)C(F)(F)CC. The van der Waals surface area contributed by atoms with E-state index in [9.17, 15) is 75.0 Å². The van der Waals surface area contributed by atoms with Gasteiger partial charge in [0.15, 0.2) is 0 Å². The molecule has 0 N–H and O–H groups in total. The second kappa shape index (κ2) is 7.85. The second-order valence-electron chi connectivity index (χ2n) is 6.19. The molecule has 0 saturated heterocycles. The molecule has 0 amide bonds. The van der Waals surface area contributed by atoms with Gasteiger partial charge < -0.3 is 4.74 Å². The number of halogens is 16. The van der Waals surface area contributed by atoms with Crippen LogP contribution < -0.4 is 0 Å². The summed E-state index contributed by atoms with van der Waals surface area (Å²) >= 11 is 0. The number of hydrogen-bond acceptors (Lipinski definition) is 2. The monoisotopic (exact) mass is 514 g/mol. The van der Waals surface area contributed by atoms with Gasteiger partial charge in [-0.15, -0.1) is 0 Å². The highest BCUT2D eigenvalue weighted by Gasteiger charge is 2.95. The van der Waals surface area contributed by atoms with E-state index in [1.807, 2.05) is 0 Å². The maximum atomic E-state index is 13.5. The lowest BCUT2D eigenvalue weighted by atomic mass is 9.88. The van der Waals surface area contributed by atoms with Gasteiger partial charge in [0, 0.05) is 12.0 Å². The quantitative estimate of drug-likeness (QED) is 0.188. The van der Waals surface area contributed by atoms with Gasteiger partial charge in [-0.05, 0) is 6.92 Å². The Hall–Kier alpha value is -1.91. The number of hydrogen-bond donors (Lipinski definition) is 0. The molecule has 18 heteroatoms. The molecule has 0 aliphatic carbocycles. The van der Waals surface area contributed by atoms with Crippen LogP contribution in [0.1, 0.15) is 20.3 Å². The van der Waals surface area contributed by atoms with Gasteiger partial charge in [-0.1, -0.05) is 13.5 Å². The normalized spacial score (nSPS) is 15.6. The fraction of sp³-hybridized carbons (Fsp3) is 0.786. The van der Waals surface area contributed by atoms with Gasteiger partial charge in [0.2, 0.25) is 0 Å². The van der Waals surface area contributed by atoms with E-state index in [0.717, 1.165) is 0 Å². The minimum absolute atomic E-state index is 0.0560. The first-order valence-electron chi connectivity index (χ1n) is 7.55. The van der Waals surface area contributed by atoms with Crippen molar-refractivity contribution in [1.29, 1.82) is 0 Å². The van der Waals surface area contributed by atoms with Gasteiger partial charge >= 0.3 is 53.5 Å². The summed E-state index contributed by atoms with van der Waals surface area (Å²) in [6.45, 7) is 2.87. The summed E-state index contributed by atoms with van der Waals surface area (Å²) in [6, 6.07) is 0. The van der Waals surface area contributed by atoms with Gasteiger partial charge in [0.25, 0.3) is 0 Å². The third-order valence-corrected chi connectivity index (χ3v) is 3.81. The summed E-state index contributed by atoms with van der Waals surface area (Å²) in [6.07, 6.45) is -9.60. The number of carbonyl (C=O) groups is 1. The van der Waals surface area contributed by atoms with E-state index in [1.165, 1.54) is 0 Å². The van der Waals surface area contributed by atoms with Crippen LogP contribution in [0.4, 0.5) is 70.2 Å². The molecular formula is C14H10F16O2. The molecule has 0 heterocycles. The first-order valence-corrected chi connectivity index (χ1v) is 7.55. The second-order valence-corrected chi connectivity index (χ2v) is 6.19. The summed E-state index contributed by atoms with van der Waals surface area (Å²) in [4.78, 5) is 10.8. The third-order valence-electron chi connectivity index (χ3n) is 3.81. The van der Waals surface area contributed by atoms with Crippen LogP contribution in [-0.2, 0) is 9.53 Å². The summed E-state index contributed by atoms with van der Waals surface area (Å²) in [5, 5.41) is 0. The van der Waals surface area contributed by atoms with Crippen molar-refractivity contribution in [2.45, 2.75) is 67.8 Å². The van der Waals surface area contributed by atoms with E-state index in [4.69, 9.17) is 0 Å². The average molecular weight is 514 g/mol. The van der Waals surface area contributed by atoms with Crippen LogP contribution in [0.15, 0.2) is 12.2 Å². The van der Waals surface area contributed by atoms with Crippen molar-refractivity contribution in [3.8, 4) is 0 Å². The van der Waals surface area contributed by atoms with Crippen LogP contribution in [0.25, 0.3) is 0 Å². The first kappa shape index (κ1) is 30.1. The zero-order valence-electron chi connectivity index (χ0n) is 15.3. The highest BCUT2D eigenvalue weighted by Crippen LogP contribution is 2.64. The molecule has 32 heavy (non-hydrogen) atoms. The van der Waals surface area contributed by atoms with Gasteiger partial charge in [-0.2, -0.15) is 70.2 Å². The molecule has 0 atom stereocenters. The number of alkyl halides is 16. The van der Waals surface area contributed by atoms with Crippen LogP contribution in [0.2, 0.25) is 0 Å². The van der Waals surface area contributed by atoms with E-state index < -0.39 is 65.5 Å². The van der Waals surface area contributed by atoms with E-state index in [2.05, 4.69) is 11.3 Å². The number of ether oxygens (including phenoxy) is 1. The zero-order valence-corrected chi connectivity index (χ0v) is 15.3. The molecule has 190 valence electrons. The highest BCUT2D eigenvalue weighted by atomic mass is 19.4. The summed E-state index contributed by atoms with van der Waals surface area (Å²) in [5.41, 5.74) is -1.26. The topological polar surface area (TPSA) is 26.3 Å². The minimum Gasteiger partial charge on any atom is -0.393 e. The number of rotatable bonds is 10. The average Bonchev–Trinajstić information content (AvgIpc) is 2.59. The fourth-order valence-electron chi connectivity index (χ4n) is 1.69. The molecule has 0 bridgehead atoms. The zero-order chi connectivity index (χ0) is 26.6. The third kappa shape index (κ3) is 3.86. The van der Waals surface area contributed by atoms with Crippen molar-refractivity contribution >= 4 is 5.97 Å². The predicted octanol–water partition coefficient (Wildman–Crippen LogP) is 6.56. The maximum absolute atomic E-state index is 13.5. The molecule has 0 aliphatic heterocycles. The fourth-order valence-corrected chi connectivity index (χ4v) is 1.69. The molecule has 0 saturated carbocycles. The Kier molecular flexibility index (Phi) is 7.38. The first-order chi connectivity index (χ1) is 13.6. The molecule has 0 aromatic carbocycles. The summed E-state index contributed by atoms with van der Waals surface area (Å²) in [5.74, 6) is -58.2. The van der Waals surface area contributed by atoms with Crippen molar-refractivity contribution in [2.75, 3.05) is 0 Å². The van der Waals surface area contributed by atoms with Crippen LogP contribution >= 0.6 is 0 Å². The summed E-state index contributed by atoms with van der Waals surface area (Å²) in [7, 11) is 0. The minimum atomic E-state index is -8.56. The Balaban J connectivity index is 6.73. The molecule has 0 fully saturated rings. The standard InChI is InChI=1S/C14H10F16O2/c1-4-7(15,16)8(17,18)9(19,20)10(21,22)11(23,24)12(25,26)13(27,28)14(29,30)32-6(31)5(2)3/h2,4H2,1,3H3. The van der Waals surface area contributed by atoms with Gasteiger partial charge in [0.1, 0.15) is 0 Å². The van der Waals surface area contributed by atoms with E-state index >= 15 is 0 Å². The predicted molar refractivity (Wildman–Crippen MR) is 70.8 cm³/mol. The van der Waals surface area contributed by atoms with Crippen molar-refractivity contribution in [1.82, 2.24) is 0 Å². The maximum Gasteiger partial charge on any atom is 0.473 e. The molecule has 0 rings (SSSR count). The lowest BCUT2D eigenvalue weighted by Crippen LogP contribution is -2.74. The van der Waals surface area contributed by atoms with Crippen LogP contribution in [0.5, 0.6) is 0 Å². The Bertz CT molecular complexity index is 739. The van der Waals surface area contributed by atoms with Crippen LogP contribution in [0, 0.1) is 0 Å². The van der Waals surface area contributed by atoms with Crippen molar-refractivity contribution in [2.24, 2.45) is 0 Å². The van der Waals surface area contributed by atoms with Gasteiger partial charge in [0.05, 0.1) is 0 Å². The van der Waals surface area contributed by atoms with E-state index in [-0.39, 0.29) is 6.92 Å². The van der Waals surface area contributed by atoms with Gasteiger partial charge in [-0.25, -0.2) is 4.79 Å². The van der Waals surface area contributed by atoms with Crippen molar-refractivity contribution < 1.29 is 79.8 Å². The van der Waals surface area contributed by atoms with Crippen molar-refractivity contribution in [3.63, 3.8) is 0 Å². The Morgan fingerprint density at radius 2 is 0.906 bits per heavy atom. The molecule has 0 radical (unpaired) electrons. The molecule has 2 nitrogen and oxygen atoms in total. The molecule has 0 spiro atoms. The number of esters is 1. The molecule has 0 aromatic rings. The Morgan fingerprint density at radius 3 is 1.19 bits per heavy atom. The lowest BCUT2D eigenvalue weighted by Gasteiger charge is -2.43. The molecule has 0 unspecified atom stereocenters. The Labute approximate surface area is 167 Å². The van der Waals surface area contributed by atoms with Gasteiger partial charge in [-0.3, -0.25) is 0 Å². The highest BCUT2D eigenvalue weighted by molar-refractivity contribution is 5.87. The van der Waals surface area contributed by atoms with Crippen LogP contribution in [0.3, 0.4) is 0 Å². The summed E-state index contributed by atoms with van der Waals surface area (Å²) < 4.78 is 216. The lowest BCUT2D eigenvalue weighted by molar-refractivity contribution is -0.468. The van der Waals surface area contributed by atoms with E-state index in [0.29, 0.717) is 6.92 Å².